The molecule has 1 aromatic carbocycles. The van der Waals surface area contributed by atoms with E-state index in [0.717, 1.165) is 6.07 Å². The Morgan fingerprint density at radius 2 is 1.80 bits per heavy atom. The van der Waals surface area contributed by atoms with Crippen molar-refractivity contribution >= 4 is 34.8 Å². The molecule has 104 valence electrons. The molecule has 1 aromatic heterocycles. The highest BCUT2D eigenvalue weighted by molar-refractivity contribution is 6.33. The number of benzene rings is 1. The molecule has 7 heteroatoms. The molecule has 2 aromatic rings. The maximum absolute atomic E-state index is 13.8. The van der Waals surface area contributed by atoms with Crippen molar-refractivity contribution in [3.63, 3.8) is 0 Å². The van der Waals surface area contributed by atoms with Crippen LogP contribution in [0.25, 0.3) is 0 Å². The molecule has 0 atom stereocenters. The lowest BCUT2D eigenvalue weighted by molar-refractivity contribution is 0.102. The maximum atomic E-state index is 13.8. The number of halogens is 4. The van der Waals surface area contributed by atoms with Crippen LogP contribution in [0.3, 0.4) is 0 Å². The molecule has 0 saturated heterocycles. The lowest BCUT2D eigenvalue weighted by Crippen LogP contribution is -2.15. The Bertz CT molecular complexity index is 672. The number of nitrogens with one attached hydrogen (secondary N) is 1. The van der Waals surface area contributed by atoms with E-state index in [1.807, 2.05) is 0 Å². The third-order valence-corrected chi connectivity index (χ3v) is 2.93. The third-order valence-electron chi connectivity index (χ3n) is 2.55. The van der Waals surface area contributed by atoms with Crippen LogP contribution in [0, 0.1) is 18.6 Å². The number of hydrogen-bond acceptors (Lipinski definition) is 2. The number of amides is 1. The highest BCUT2D eigenvalue weighted by Gasteiger charge is 2.16. The number of aromatic nitrogens is 1. The Morgan fingerprint density at radius 3 is 2.40 bits per heavy atom. The van der Waals surface area contributed by atoms with Crippen LogP contribution >= 0.6 is 23.2 Å². The highest BCUT2D eigenvalue weighted by atomic mass is 35.5. The number of pyridine rings is 1. The van der Waals surface area contributed by atoms with Crippen molar-refractivity contribution in [1.29, 1.82) is 0 Å². The van der Waals surface area contributed by atoms with E-state index in [1.165, 1.54) is 25.1 Å². The van der Waals surface area contributed by atoms with E-state index in [0.29, 0.717) is 0 Å². The van der Waals surface area contributed by atoms with Gasteiger partial charge in [0.05, 0.1) is 0 Å². The fourth-order valence-corrected chi connectivity index (χ4v) is 2.01. The Hall–Kier alpha value is -1.72. The zero-order valence-corrected chi connectivity index (χ0v) is 11.7. The first kappa shape index (κ1) is 14.7. The summed E-state index contributed by atoms with van der Waals surface area (Å²) in [5.74, 6) is -2.43. The van der Waals surface area contributed by atoms with Gasteiger partial charge in [0.25, 0.3) is 5.91 Å². The number of rotatable bonds is 2. The summed E-state index contributed by atoms with van der Waals surface area (Å²) in [5, 5.41) is 2.17. The van der Waals surface area contributed by atoms with E-state index in [1.54, 1.807) is 0 Å². The molecule has 0 aliphatic carbocycles. The van der Waals surface area contributed by atoms with Gasteiger partial charge in [-0.15, -0.1) is 0 Å². The molecule has 0 aliphatic rings. The molecule has 0 bridgehead atoms. The molecule has 0 radical (unpaired) electrons. The first-order chi connectivity index (χ1) is 9.38. The van der Waals surface area contributed by atoms with Crippen molar-refractivity contribution in [1.82, 2.24) is 4.98 Å². The molecule has 1 N–H and O–H groups in total. The second kappa shape index (κ2) is 5.73. The number of hydrogen-bond donors (Lipinski definition) is 1. The van der Waals surface area contributed by atoms with Gasteiger partial charge in [0.15, 0.2) is 5.82 Å². The summed E-state index contributed by atoms with van der Waals surface area (Å²) in [6.45, 7) is 1.46. The lowest BCUT2D eigenvalue weighted by atomic mass is 10.2. The van der Waals surface area contributed by atoms with Crippen LogP contribution in [0.4, 0.5) is 14.5 Å². The second-order valence-electron chi connectivity index (χ2n) is 4.01. The number of aryl methyl sites for hydroxylation is 1. The number of carbonyl (C=O) groups excluding carboxylic acids is 1. The Kier molecular flexibility index (Phi) is 4.20. The zero-order valence-electron chi connectivity index (χ0n) is 10.2. The fraction of sp³-hybridized carbons (Fsp3) is 0.0769. The average molecular weight is 317 g/mol. The van der Waals surface area contributed by atoms with Gasteiger partial charge in [-0.2, -0.15) is 0 Å². The van der Waals surface area contributed by atoms with Crippen molar-refractivity contribution in [2.75, 3.05) is 5.32 Å². The summed E-state index contributed by atoms with van der Waals surface area (Å²) >= 11 is 11.3. The molecule has 1 heterocycles. The Labute approximate surface area is 123 Å². The van der Waals surface area contributed by atoms with E-state index < -0.39 is 23.2 Å². The van der Waals surface area contributed by atoms with E-state index in [4.69, 9.17) is 23.2 Å². The first-order valence-electron chi connectivity index (χ1n) is 5.47. The summed E-state index contributed by atoms with van der Waals surface area (Å²) in [5.41, 5.74) is -0.248. The van der Waals surface area contributed by atoms with Crippen molar-refractivity contribution in [3.8, 4) is 0 Å². The summed E-state index contributed by atoms with van der Waals surface area (Å²) < 4.78 is 27.3. The van der Waals surface area contributed by atoms with Gasteiger partial charge in [-0.3, -0.25) is 4.79 Å². The smallest absolute Gasteiger partial charge is 0.256 e. The summed E-state index contributed by atoms with van der Waals surface area (Å²) in [4.78, 5) is 15.6. The minimum absolute atomic E-state index is 0.00726. The highest BCUT2D eigenvalue weighted by Crippen LogP contribution is 2.23. The van der Waals surface area contributed by atoms with Crippen LogP contribution in [0.2, 0.25) is 10.3 Å². The number of carbonyl (C=O) groups is 1. The normalized spacial score (nSPS) is 10.4. The van der Waals surface area contributed by atoms with E-state index in [-0.39, 0.29) is 21.4 Å². The third kappa shape index (κ3) is 3.05. The van der Waals surface area contributed by atoms with Crippen molar-refractivity contribution in [3.05, 3.63) is 57.3 Å². The predicted octanol–water partition coefficient (Wildman–Crippen LogP) is 4.23. The van der Waals surface area contributed by atoms with E-state index >= 15 is 0 Å². The Balaban J connectivity index is 2.35. The summed E-state index contributed by atoms with van der Waals surface area (Å²) in [6.07, 6.45) is 0. The van der Waals surface area contributed by atoms with E-state index in [2.05, 4.69) is 10.3 Å². The SMILES string of the molecule is Cc1ccc(F)c(NC(=O)c2cc(Cl)nc(Cl)c2)c1F. The van der Waals surface area contributed by atoms with Gasteiger partial charge < -0.3 is 5.32 Å². The van der Waals surface area contributed by atoms with Gasteiger partial charge >= 0.3 is 0 Å². The quantitative estimate of drug-likeness (QED) is 0.842. The minimum Gasteiger partial charge on any atom is -0.317 e. The first-order valence-corrected chi connectivity index (χ1v) is 6.23. The van der Waals surface area contributed by atoms with Crippen molar-refractivity contribution in [2.45, 2.75) is 6.92 Å². The monoisotopic (exact) mass is 316 g/mol. The van der Waals surface area contributed by atoms with Crippen molar-refractivity contribution < 1.29 is 13.6 Å². The van der Waals surface area contributed by atoms with E-state index in [9.17, 15) is 13.6 Å². The molecule has 0 saturated carbocycles. The van der Waals surface area contributed by atoms with Gasteiger partial charge in [-0.1, -0.05) is 29.3 Å². The lowest BCUT2D eigenvalue weighted by Gasteiger charge is -2.09. The van der Waals surface area contributed by atoms with Crippen LogP contribution in [0.1, 0.15) is 15.9 Å². The molecule has 2 rings (SSSR count). The van der Waals surface area contributed by atoms with Crippen LogP contribution < -0.4 is 5.32 Å². The number of anilines is 1. The second-order valence-corrected chi connectivity index (χ2v) is 4.78. The fourth-order valence-electron chi connectivity index (χ4n) is 1.55. The van der Waals surface area contributed by atoms with Gasteiger partial charge in [-0.25, -0.2) is 13.8 Å². The summed E-state index contributed by atoms with van der Waals surface area (Å²) in [7, 11) is 0. The molecular formula is C13H8Cl2F2N2O. The van der Waals surface area contributed by atoms with Crippen LogP contribution in [0.5, 0.6) is 0 Å². The maximum Gasteiger partial charge on any atom is 0.256 e. The topological polar surface area (TPSA) is 42.0 Å². The molecule has 0 spiro atoms. The molecule has 0 unspecified atom stereocenters. The molecule has 3 nitrogen and oxygen atoms in total. The molecule has 0 aliphatic heterocycles. The van der Waals surface area contributed by atoms with Crippen LogP contribution in [-0.4, -0.2) is 10.9 Å². The van der Waals surface area contributed by atoms with Gasteiger partial charge in [0, 0.05) is 5.56 Å². The average Bonchev–Trinajstić information content (AvgIpc) is 2.38. The predicted molar refractivity (Wildman–Crippen MR) is 73.3 cm³/mol. The molecule has 1 amide bonds. The Morgan fingerprint density at radius 1 is 1.20 bits per heavy atom. The van der Waals surface area contributed by atoms with Crippen LogP contribution in [-0.2, 0) is 0 Å². The molecular weight excluding hydrogens is 309 g/mol. The van der Waals surface area contributed by atoms with Gasteiger partial charge in [0.2, 0.25) is 0 Å². The number of nitrogens with zero attached hydrogens (tertiary/aromatic N) is 1. The largest absolute Gasteiger partial charge is 0.317 e. The van der Waals surface area contributed by atoms with Crippen LogP contribution in [0.15, 0.2) is 24.3 Å². The molecule has 20 heavy (non-hydrogen) atoms. The summed E-state index contributed by atoms with van der Waals surface area (Å²) in [6, 6.07) is 4.84. The standard InChI is InChI=1S/C13H8Cl2F2N2O/c1-6-2-3-8(16)12(11(6)17)19-13(20)7-4-9(14)18-10(15)5-7/h2-5H,1H3,(H,19,20). The zero-order chi connectivity index (χ0) is 14.9. The molecule has 0 fully saturated rings. The van der Waals surface area contributed by atoms with Gasteiger partial charge in [-0.05, 0) is 30.7 Å². The van der Waals surface area contributed by atoms with Gasteiger partial charge in [0.1, 0.15) is 21.8 Å². The minimum atomic E-state index is -0.868. The van der Waals surface area contributed by atoms with Crippen molar-refractivity contribution in [2.24, 2.45) is 0 Å².